The molecule has 12 nitrogen and oxygen atoms in total. The summed E-state index contributed by atoms with van der Waals surface area (Å²) >= 11 is 0. The van der Waals surface area contributed by atoms with Crippen molar-refractivity contribution >= 4 is 24.3 Å². The van der Waals surface area contributed by atoms with Gasteiger partial charge < -0.3 is 34.1 Å². The highest BCUT2D eigenvalue weighted by Gasteiger charge is 2.42. The Morgan fingerprint density at radius 3 is 2.71 bits per heavy atom. The molecule has 3 aromatic rings. The summed E-state index contributed by atoms with van der Waals surface area (Å²) in [5.74, 6) is -0.108. The van der Waals surface area contributed by atoms with Crippen molar-refractivity contribution < 1.29 is 28.9 Å². The number of nitrogens with zero attached hydrogens (tertiary/aromatic N) is 5. The van der Waals surface area contributed by atoms with E-state index < -0.39 is 5.60 Å². The smallest absolute Gasteiger partial charge is 0.310 e. The molecule has 1 amide bonds. The Morgan fingerprint density at radius 1 is 1.18 bits per heavy atom. The second-order valence-corrected chi connectivity index (χ2v) is 11.6. The van der Waals surface area contributed by atoms with E-state index in [4.69, 9.17) is 19.2 Å². The molecule has 1 aliphatic heterocycles. The van der Waals surface area contributed by atoms with E-state index in [1.807, 2.05) is 46.7 Å². The highest BCUT2D eigenvalue weighted by Crippen LogP contribution is 2.41. The molecule has 2 fully saturated rings. The van der Waals surface area contributed by atoms with Crippen LogP contribution in [0.25, 0.3) is 11.3 Å². The summed E-state index contributed by atoms with van der Waals surface area (Å²) in [4.78, 5) is 32.8. The fourth-order valence-electron chi connectivity index (χ4n) is 6.45. The molecule has 2 aromatic heterocycles. The Bertz CT molecular complexity index is 1410. The number of rotatable bonds is 12. The van der Waals surface area contributed by atoms with Gasteiger partial charge in [0.2, 0.25) is 5.88 Å². The summed E-state index contributed by atoms with van der Waals surface area (Å²) in [6.45, 7) is 4.96. The van der Waals surface area contributed by atoms with Crippen LogP contribution < -0.4 is 10.1 Å². The van der Waals surface area contributed by atoms with Gasteiger partial charge in [-0.15, -0.1) is 17.5 Å². The van der Waals surface area contributed by atoms with E-state index in [1.54, 1.807) is 24.3 Å². The standard InChI is InChI=1S/C32H44N6O6.ClH/c1-4-36-20-24(18-27(39)43-3)30(35-36)44-17-13-25-19-33-15-16-37(25)31(40)28-29(23-10-6-5-7-11-23)38(22-34-28)26-12-8-9-14-32(26,41)21-42-2;/h5-7,10-11,20,22,25-26,33,41H,4,8-9,12-19,21H2,1-3H3;1H/t25-,26-,32-;/m1./s1. The minimum atomic E-state index is -1.05. The lowest BCUT2D eigenvalue weighted by molar-refractivity contribution is -0.139. The number of carbonyl (C=O) groups is 2. The lowest BCUT2D eigenvalue weighted by Gasteiger charge is -2.41. The van der Waals surface area contributed by atoms with Crippen molar-refractivity contribution in [1.29, 1.82) is 0 Å². The lowest BCUT2D eigenvalue weighted by atomic mass is 9.80. The van der Waals surface area contributed by atoms with Crippen LogP contribution in [0.3, 0.4) is 0 Å². The number of esters is 1. The van der Waals surface area contributed by atoms with Gasteiger partial charge in [-0.05, 0) is 19.8 Å². The molecule has 2 N–H and O–H groups in total. The molecule has 246 valence electrons. The third-order valence-corrected chi connectivity index (χ3v) is 8.72. The van der Waals surface area contributed by atoms with Gasteiger partial charge in [0.25, 0.3) is 5.91 Å². The molecular formula is C32H45ClN6O6. The normalized spacial score (nSPS) is 21.6. The van der Waals surface area contributed by atoms with Crippen LogP contribution in [0.1, 0.15) is 61.1 Å². The van der Waals surface area contributed by atoms with Crippen LogP contribution in [0, 0.1) is 0 Å². The zero-order chi connectivity index (χ0) is 31.1. The number of ether oxygens (including phenoxy) is 3. The van der Waals surface area contributed by atoms with Crippen LogP contribution in [0.15, 0.2) is 42.9 Å². The number of aryl methyl sites for hydroxylation is 1. The molecule has 1 saturated carbocycles. The molecule has 2 aliphatic rings. The average Bonchev–Trinajstić information content (AvgIpc) is 3.65. The number of aromatic nitrogens is 4. The molecule has 5 rings (SSSR count). The molecule has 1 aromatic carbocycles. The maximum atomic E-state index is 14.3. The Balaban J connectivity index is 0.00000461. The number of piperazine rings is 1. The first kappa shape index (κ1) is 34.4. The van der Waals surface area contributed by atoms with Gasteiger partial charge in [-0.1, -0.05) is 43.2 Å². The number of imidazole rings is 1. The summed E-state index contributed by atoms with van der Waals surface area (Å²) in [5.41, 5.74) is 1.57. The van der Waals surface area contributed by atoms with Crippen molar-refractivity contribution in [2.45, 2.75) is 69.7 Å². The van der Waals surface area contributed by atoms with Crippen molar-refractivity contribution in [1.82, 2.24) is 29.5 Å². The molecule has 0 bridgehead atoms. The average molecular weight is 645 g/mol. The van der Waals surface area contributed by atoms with Gasteiger partial charge in [-0.25, -0.2) is 4.98 Å². The first-order valence-electron chi connectivity index (χ1n) is 15.5. The van der Waals surface area contributed by atoms with E-state index in [0.717, 1.165) is 24.8 Å². The fraction of sp³-hybridized carbons (Fsp3) is 0.562. The van der Waals surface area contributed by atoms with E-state index in [0.29, 0.717) is 68.5 Å². The first-order valence-corrected chi connectivity index (χ1v) is 15.5. The van der Waals surface area contributed by atoms with Crippen LogP contribution in [0.4, 0.5) is 0 Å². The zero-order valence-electron chi connectivity index (χ0n) is 26.3. The summed E-state index contributed by atoms with van der Waals surface area (Å²) in [6, 6.07) is 9.39. The Labute approximate surface area is 270 Å². The fourth-order valence-corrected chi connectivity index (χ4v) is 6.45. The number of hydrogen-bond donors (Lipinski definition) is 2. The SMILES string of the molecule is CCn1cc(CC(=O)OC)c(OCC[C@@H]2CNCCN2C(=O)c2ncn([C@@H]3CCCC[C@@]3(O)COC)c2-c2ccccc2)n1.Cl. The minimum absolute atomic E-state index is 0. The van der Waals surface area contributed by atoms with E-state index in [-0.39, 0.29) is 49.4 Å². The van der Waals surface area contributed by atoms with Crippen molar-refractivity contribution in [2.75, 3.05) is 47.1 Å². The summed E-state index contributed by atoms with van der Waals surface area (Å²) in [7, 11) is 2.96. The minimum Gasteiger partial charge on any atom is -0.476 e. The number of halogens is 1. The maximum Gasteiger partial charge on any atom is 0.310 e. The predicted molar refractivity (Wildman–Crippen MR) is 171 cm³/mol. The van der Waals surface area contributed by atoms with Gasteiger partial charge in [-0.2, -0.15) is 0 Å². The number of aliphatic hydroxyl groups is 1. The van der Waals surface area contributed by atoms with E-state index in [9.17, 15) is 14.7 Å². The summed E-state index contributed by atoms with van der Waals surface area (Å²) in [5, 5.41) is 19.5. The predicted octanol–water partition coefficient (Wildman–Crippen LogP) is 3.28. The highest BCUT2D eigenvalue weighted by molar-refractivity contribution is 5.98. The Morgan fingerprint density at radius 2 is 1.98 bits per heavy atom. The van der Waals surface area contributed by atoms with Crippen LogP contribution >= 0.6 is 12.4 Å². The van der Waals surface area contributed by atoms with Crippen molar-refractivity contribution in [3.8, 4) is 17.1 Å². The summed E-state index contributed by atoms with van der Waals surface area (Å²) < 4.78 is 20.1. The van der Waals surface area contributed by atoms with Gasteiger partial charge in [0, 0.05) is 63.1 Å². The van der Waals surface area contributed by atoms with E-state index in [2.05, 4.69) is 10.4 Å². The largest absolute Gasteiger partial charge is 0.476 e. The second-order valence-electron chi connectivity index (χ2n) is 11.6. The summed E-state index contributed by atoms with van der Waals surface area (Å²) in [6.07, 6.45) is 7.43. The number of benzene rings is 1. The molecule has 0 spiro atoms. The topological polar surface area (TPSA) is 133 Å². The molecule has 1 aliphatic carbocycles. The third-order valence-electron chi connectivity index (χ3n) is 8.72. The third kappa shape index (κ3) is 7.69. The Kier molecular flexibility index (Phi) is 12.0. The number of nitrogens with one attached hydrogen (secondary N) is 1. The zero-order valence-corrected chi connectivity index (χ0v) is 27.1. The quantitative estimate of drug-likeness (QED) is 0.285. The molecule has 0 radical (unpaired) electrons. The van der Waals surface area contributed by atoms with Crippen LogP contribution in [0.5, 0.6) is 5.88 Å². The molecule has 45 heavy (non-hydrogen) atoms. The first-order chi connectivity index (χ1) is 21.4. The molecule has 0 unspecified atom stereocenters. The van der Waals surface area contributed by atoms with Gasteiger partial charge >= 0.3 is 5.97 Å². The van der Waals surface area contributed by atoms with Gasteiger partial charge in [-0.3, -0.25) is 14.3 Å². The number of methoxy groups -OCH3 is 2. The van der Waals surface area contributed by atoms with Gasteiger partial charge in [0.1, 0.15) is 5.60 Å². The number of amides is 1. The van der Waals surface area contributed by atoms with Crippen LogP contribution in [0.2, 0.25) is 0 Å². The number of hydrogen-bond acceptors (Lipinski definition) is 9. The molecule has 3 heterocycles. The van der Waals surface area contributed by atoms with Crippen LogP contribution in [-0.4, -0.2) is 99.9 Å². The highest BCUT2D eigenvalue weighted by atomic mass is 35.5. The van der Waals surface area contributed by atoms with E-state index >= 15 is 0 Å². The molecular weight excluding hydrogens is 600 g/mol. The maximum absolute atomic E-state index is 14.3. The lowest BCUT2D eigenvalue weighted by Crippen LogP contribution is -2.54. The molecule has 1 saturated heterocycles. The second kappa shape index (κ2) is 15.7. The van der Waals surface area contributed by atoms with E-state index in [1.165, 1.54) is 7.11 Å². The van der Waals surface area contributed by atoms with Gasteiger partial charge in [0.15, 0.2) is 5.69 Å². The van der Waals surface area contributed by atoms with Crippen molar-refractivity contribution in [2.24, 2.45) is 0 Å². The van der Waals surface area contributed by atoms with Crippen molar-refractivity contribution in [3.63, 3.8) is 0 Å². The van der Waals surface area contributed by atoms with Crippen molar-refractivity contribution in [3.05, 3.63) is 54.1 Å². The monoisotopic (exact) mass is 644 g/mol. The van der Waals surface area contributed by atoms with Gasteiger partial charge in [0.05, 0.1) is 44.8 Å². The number of carbonyl (C=O) groups excluding carboxylic acids is 2. The Hall–Kier alpha value is -3.45. The molecule has 3 atom stereocenters. The van der Waals surface area contributed by atoms with Crippen LogP contribution in [-0.2, 0) is 27.2 Å². The molecule has 13 heteroatoms.